The van der Waals surface area contributed by atoms with Crippen molar-refractivity contribution < 1.29 is 33.2 Å². The minimum atomic E-state index is -0.172. The molecule has 1 fully saturated rings. The molecule has 5 rings (SSSR count). The van der Waals surface area contributed by atoms with Gasteiger partial charge < -0.3 is 28.4 Å². The number of ketones is 1. The number of rotatable bonds is 8. The van der Waals surface area contributed by atoms with Gasteiger partial charge in [-0.15, -0.1) is 0 Å². The first kappa shape index (κ1) is 24.4. The topological polar surface area (TPSA) is 78.9 Å². The summed E-state index contributed by atoms with van der Waals surface area (Å²) in [6.45, 7) is 6.72. The molecule has 0 radical (unpaired) electrons. The lowest BCUT2D eigenvalue weighted by atomic mass is 10.0. The third kappa shape index (κ3) is 4.86. The first-order valence-corrected chi connectivity index (χ1v) is 12.2. The van der Waals surface area contributed by atoms with Crippen molar-refractivity contribution in [2.75, 3.05) is 67.5 Å². The summed E-state index contributed by atoms with van der Waals surface area (Å²) in [5, 5.41) is 0. The van der Waals surface area contributed by atoms with Crippen molar-refractivity contribution in [1.29, 1.82) is 0 Å². The summed E-state index contributed by atoms with van der Waals surface area (Å²) in [6, 6.07) is 7.12. The van der Waals surface area contributed by atoms with Crippen molar-refractivity contribution in [2.24, 2.45) is 0 Å². The van der Waals surface area contributed by atoms with Crippen molar-refractivity contribution >= 4 is 11.9 Å². The number of benzene rings is 2. The quantitative estimate of drug-likeness (QED) is 0.512. The van der Waals surface area contributed by atoms with E-state index in [1.54, 1.807) is 45.6 Å². The Morgan fingerprint density at radius 1 is 0.944 bits per heavy atom. The molecule has 0 amide bonds. The first-order valence-electron chi connectivity index (χ1n) is 12.2. The van der Waals surface area contributed by atoms with Crippen molar-refractivity contribution in [3.8, 4) is 28.7 Å². The number of ether oxygens (including phenoxy) is 6. The zero-order valence-electron chi connectivity index (χ0n) is 21.0. The van der Waals surface area contributed by atoms with Gasteiger partial charge in [0.25, 0.3) is 0 Å². The van der Waals surface area contributed by atoms with Gasteiger partial charge in [0.05, 0.1) is 45.7 Å². The second-order valence-corrected chi connectivity index (χ2v) is 8.94. The number of carbonyl (C=O) groups is 1. The van der Waals surface area contributed by atoms with Crippen LogP contribution < -0.4 is 23.7 Å². The number of hydrogen-bond donors (Lipinski definition) is 0. The van der Waals surface area contributed by atoms with Gasteiger partial charge in [0, 0.05) is 37.8 Å². The molecule has 0 unspecified atom stereocenters. The number of nitrogens with zero attached hydrogens (tertiary/aromatic N) is 2. The average molecular weight is 497 g/mol. The first-order chi connectivity index (χ1) is 17.6. The standard InChI is InChI=1S/C27H32N2O7/c1-31-22-15-24(33-3)23(32-2)13-18(22)14-25-26(30)19-5-6-21-20(27(19)36-25)16-29(17-35-21)8-4-7-28-9-11-34-12-10-28/h5-6,13-15H,4,7-12,16-17H2,1-3H3/b25-14-. The zero-order valence-corrected chi connectivity index (χ0v) is 21.0. The van der Waals surface area contributed by atoms with E-state index < -0.39 is 0 Å². The van der Waals surface area contributed by atoms with Gasteiger partial charge in [0.1, 0.15) is 24.0 Å². The van der Waals surface area contributed by atoms with Crippen molar-refractivity contribution in [3.63, 3.8) is 0 Å². The van der Waals surface area contributed by atoms with Gasteiger partial charge in [0.15, 0.2) is 17.3 Å². The van der Waals surface area contributed by atoms with Crippen LogP contribution in [0.15, 0.2) is 30.0 Å². The molecule has 0 N–H and O–H groups in total. The number of fused-ring (bicyclic) bond motifs is 3. The molecule has 0 bridgehead atoms. The van der Waals surface area contributed by atoms with E-state index in [0.717, 1.165) is 57.1 Å². The van der Waals surface area contributed by atoms with E-state index in [-0.39, 0.29) is 11.5 Å². The highest BCUT2D eigenvalue weighted by atomic mass is 16.5. The number of morpholine rings is 1. The van der Waals surface area contributed by atoms with Gasteiger partial charge in [-0.1, -0.05) is 0 Å². The van der Waals surface area contributed by atoms with E-state index in [1.165, 1.54) is 0 Å². The predicted molar refractivity (Wildman–Crippen MR) is 133 cm³/mol. The van der Waals surface area contributed by atoms with E-state index in [9.17, 15) is 4.79 Å². The van der Waals surface area contributed by atoms with Crippen LogP contribution in [-0.4, -0.2) is 83.0 Å². The van der Waals surface area contributed by atoms with Crippen molar-refractivity contribution in [2.45, 2.75) is 13.0 Å². The monoisotopic (exact) mass is 496 g/mol. The van der Waals surface area contributed by atoms with Crippen molar-refractivity contribution in [3.05, 3.63) is 46.7 Å². The predicted octanol–water partition coefficient (Wildman–Crippen LogP) is 3.20. The van der Waals surface area contributed by atoms with Crippen LogP contribution >= 0.6 is 0 Å². The molecule has 0 saturated carbocycles. The maximum atomic E-state index is 13.2. The SMILES string of the molecule is COc1cc(OC)c(OC)cc1/C=C1\Oc2c(ccc3c2CN(CCCN2CCOCC2)CO3)C1=O. The van der Waals surface area contributed by atoms with Crippen LogP contribution in [0.1, 0.15) is 27.9 Å². The molecule has 2 aromatic rings. The summed E-state index contributed by atoms with van der Waals surface area (Å²) < 4.78 is 33.9. The molecule has 3 aliphatic rings. The molecule has 0 aromatic heterocycles. The van der Waals surface area contributed by atoms with Gasteiger partial charge in [-0.3, -0.25) is 14.6 Å². The molecule has 0 aliphatic carbocycles. The second-order valence-electron chi connectivity index (χ2n) is 8.94. The molecular formula is C27H32N2O7. The van der Waals surface area contributed by atoms with Crippen LogP contribution in [0.4, 0.5) is 0 Å². The Hall–Kier alpha value is -3.27. The lowest BCUT2D eigenvalue weighted by Crippen LogP contribution is -2.39. The van der Waals surface area contributed by atoms with Gasteiger partial charge in [-0.2, -0.15) is 0 Å². The largest absolute Gasteiger partial charge is 0.496 e. The normalized spacial score (nSPS) is 18.9. The molecule has 9 nitrogen and oxygen atoms in total. The maximum Gasteiger partial charge on any atom is 0.231 e. The lowest BCUT2D eigenvalue weighted by molar-refractivity contribution is 0.0329. The Balaban J connectivity index is 1.33. The Morgan fingerprint density at radius 2 is 1.67 bits per heavy atom. The molecule has 1 saturated heterocycles. The smallest absolute Gasteiger partial charge is 0.231 e. The summed E-state index contributed by atoms with van der Waals surface area (Å²) in [6.07, 6.45) is 2.72. The Bertz CT molecular complexity index is 1160. The Morgan fingerprint density at radius 3 is 2.42 bits per heavy atom. The van der Waals surface area contributed by atoms with Gasteiger partial charge in [-0.25, -0.2) is 0 Å². The fourth-order valence-electron chi connectivity index (χ4n) is 4.80. The third-order valence-electron chi connectivity index (χ3n) is 6.76. The van der Waals surface area contributed by atoms with Crippen LogP contribution in [0.5, 0.6) is 28.7 Å². The van der Waals surface area contributed by atoms with Crippen LogP contribution in [-0.2, 0) is 11.3 Å². The number of allylic oxidation sites excluding steroid dienone is 1. The number of hydrogen-bond acceptors (Lipinski definition) is 9. The molecule has 0 spiro atoms. The molecule has 3 aliphatic heterocycles. The minimum Gasteiger partial charge on any atom is -0.496 e. The van der Waals surface area contributed by atoms with Gasteiger partial charge in [0.2, 0.25) is 5.78 Å². The maximum absolute atomic E-state index is 13.2. The van der Waals surface area contributed by atoms with Crippen LogP contribution in [0.2, 0.25) is 0 Å². The fraction of sp³-hybridized carbons (Fsp3) is 0.444. The summed E-state index contributed by atoms with van der Waals surface area (Å²) in [5.41, 5.74) is 2.10. The van der Waals surface area contributed by atoms with Crippen LogP contribution in [0.25, 0.3) is 6.08 Å². The molecular weight excluding hydrogens is 464 g/mol. The Kier molecular flexibility index (Phi) is 7.31. The lowest BCUT2D eigenvalue weighted by Gasteiger charge is -2.31. The zero-order chi connectivity index (χ0) is 25.1. The van der Waals surface area contributed by atoms with E-state index in [1.807, 2.05) is 6.07 Å². The van der Waals surface area contributed by atoms with E-state index in [2.05, 4.69) is 9.80 Å². The van der Waals surface area contributed by atoms with E-state index >= 15 is 0 Å². The summed E-state index contributed by atoms with van der Waals surface area (Å²) in [7, 11) is 4.69. The van der Waals surface area contributed by atoms with Gasteiger partial charge in [-0.05, 0) is 37.2 Å². The van der Waals surface area contributed by atoms with E-state index in [0.29, 0.717) is 47.4 Å². The third-order valence-corrected chi connectivity index (χ3v) is 6.76. The number of carbonyl (C=O) groups excluding carboxylic acids is 1. The van der Waals surface area contributed by atoms with Gasteiger partial charge >= 0.3 is 0 Å². The summed E-state index contributed by atoms with van der Waals surface area (Å²) in [5.74, 6) is 3.01. The number of Topliss-reactive ketones (excluding diaryl/α,β-unsaturated/α-hetero) is 1. The highest BCUT2D eigenvalue weighted by Gasteiger charge is 2.34. The Labute approximate surface area is 211 Å². The molecule has 0 atom stereocenters. The summed E-state index contributed by atoms with van der Waals surface area (Å²) in [4.78, 5) is 17.9. The number of methoxy groups -OCH3 is 3. The average Bonchev–Trinajstić information content (AvgIpc) is 3.24. The molecule has 3 heterocycles. The van der Waals surface area contributed by atoms with Crippen molar-refractivity contribution in [1.82, 2.24) is 9.80 Å². The summed E-state index contributed by atoms with van der Waals surface area (Å²) >= 11 is 0. The molecule has 9 heteroatoms. The highest BCUT2D eigenvalue weighted by molar-refractivity contribution is 6.15. The minimum absolute atomic E-state index is 0.172. The van der Waals surface area contributed by atoms with Crippen LogP contribution in [0.3, 0.4) is 0 Å². The molecule has 192 valence electrons. The molecule has 36 heavy (non-hydrogen) atoms. The van der Waals surface area contributed by atoms with E-state index in [4.69, 9.17) is 28.4 Å². The van der Waals surface area contributed by atoms with Crippen LogP contribution in [0, 0.1) is 0 Å². The molecule has 2 aromatic carbocycles. The second kappa shape index (κ2) is 10.8. The highest BCUT2D eigenvalue weighted by Crippen LogP contribution is 2.43. The fourth-order valence-corrected chi connectivity index (χ4v) is 4.80.